The van der Waals surface area contributed by atoms with Crippen LogP contribution in [-0.4, -0.2) is 69.8 Å². The number of nitrogens with zero attached hydrogens (tertiary/aromatic N) is 6. The first-order chi connectivity index (χ1) is 13.3. The van der Waals surface area contributed by atoms with Gasteiger partial charge >= 0.3 is 0 Å². The molecule has 0 saturated carbocycles. The molecule has 0 unspecified atom stereocenters. The lowest BCUT2D eigenvalue weighted by Crippen LogP contribution is -2.37. The molecule has 144 valence electrons. The molecule has 2 aliphatic heterocycles. The van der Waals surface area contributed by atoms with Crippen LogP contribution in [0.4, 0.5) is 5.95 Å². The van der Waals surface area contributed by atoms with Crippen LogP contribution < -0.4 is 10.2 Å². The molecule has 2 fully saturated rings. The molecule has 0 bridgehead atoms. The molecule has 4 rings (SSSR count). The fourth-order valence-electron chi connectivity index (χ4n) is 3.85. The quantitative estimate of drug-likeness (QED) is 0.862. The molecule has 4 heterocycles. The minimum atomic E-state index is 0.127. The van der Waals surface area contributed by atoms with E-state index in [-0.39, 0.29) is 5.91 Å². The highest BCUT2D eigenvalue weighted by molar-refractivity contribution is 5.76. The van der Waals surface area contributed by atoms with Gasteiger partial charge in [0.2, 0.25) is 11.9 Å². The minimum absolute atomic E-state index is 0.127. The molecule has 2 saturated heterocycles. The molecular weight excluding hydrogens is 342 g/mol. The maximum atomic E-state index is 12.8. The van der Waals surface area contributed by atoms with Crippen LogP contribution >= 0.6 is 0 Å². The van der Waals surface area contributed by atoms with Crippen LogP contribution in [0.5, 0.6) is 0 Å². The highest BCUT2D eigenvalue weighted by Gasteiger charge is 2.22. The summed E-state index contributed by atoms with van der Waals surface area (Å²) in [7, 11) is 0. The van der Waals surface area contributed by atoms with Crippen molar-refractivity contribution < 1.29 is 4.79 Å². The summed E-state index contributed by atoms with van der Waals surface area (Å²) in [5.74, 6) is 1.33. The van der Waals surface area contributed by atoms with Crippen molar-refractivity contribution in [3.8, 4) is 0 Å². The van der Waals surface area contributed by atoms with E-state index in [1.807, 2.05) is 17.2 Å². The van der Waals surface area contributed by atoms with E-state index >= 15 is 0 Å². The van der Waals surface area contributed by atoms with Crippen molar-refractivity contribution in [2.45, 2.75) is 31.7 Å². The molecule has 0 radical (unpaired) electrons. The van der Waals surface area contributed by atoms with E-state index in [1.54, 1.807) is 17.1 Å². The van der Waals surface area contributed by atoms with Crippen LogP contribution in [0, 0.1) is 0 Å². The highest BCUT2D eigenvalue weighted by atomic mass is 16.2. The van der Waals surface area contributed by atoms with Crippen molar-refractivity contribution >= 4 is 11.9 Å². The first kappa shape index (κ1) is 17.9. The molecule has 1 N–H and O–H groups in total. The number of amides is 1. The summed E-state index contributed by atoms with van der Waals surface area (Å²) in [5, 5.41) is 8.07. The molecule has 27 heavy (non-hydrogen) atoms. The second-order valence-electron chi connectivity index (χ2n) is 7.25. The third kappa shape index (κ3) is 4.44. The van der Waals surface area contributed by atoms with Gasteiger partial charge in [0.1, 0.15) is 6.54 Å². The summed E-state index contributed by atoms with van der Waals surface area (Å²) in [6, 6.07) is 3.88. The second kappa shape index (κ2) is 8.47. The first-order valence-corrected chi connectivity index (χ1v) is 9.83. The molecule has 1 amide bonds. The van der Waals surface area contributed by atoms with Crippen LogP contribution in [0.25, 0.3) is 0 Å². The monoisotopic (exact) mass is 369 g/mol. The Morgan fingerprint density at radius 2 is 2.04 bits per heavy atom. The largest absolute Gasteiger partial charge is 0.339 e. The Kier molecular flexibility index (Phi) is 5.62. The Hall–Kier alpha value is -2.48. The number of nitrogens with one attached hydrogen (secondary N) is 1. The summed E-state index contributed by atoms with van der Waals surface area (Å²) in [4.78, 5) is 25.5. The predicted molar refractivity (Wildman–Crippen MR) is 103 cm³/mol. The highest BCUT2D eigenvalue weighted by Crippen LogP contribution is 2.21. The Morgan fingerprint density at radius 3 is 2.85 bits per heavy atom. The van der Waals surface area contributed by atoms with Gasteiger partial charge in [-0.25, -0.2) is 9.97 Å². The predicted octanol–water partition coefficient (Wildman–Crippen LogP) is 0.879. The number of piperidine rings is 1. The van der Waals surface area contributed by atoms with Gasteiger partial charge in [-0.05, 0) is 37.9 Å². The van der Waals surface area contributed by atoms with Crippen LogP contribution in [0.2, 0.25) is 0 Å². The zero-order chi connectivity index (χ0) is 18.5. The number of hydrogen-bond donors (Lipinski definition) is 1. The third-order valence-corrected chi connectivity index (χ3v) is 5.36. The number of carbonyl (C=O) groups is 1. The smallest absolute Gasteiger partial charge is 0.244 e. The summed E-state index contributed by atoms with van der Waals surface area (Å²) in [6.07, 6.45) is 8.72. The molecule has 0 spiro atoms. The summed E-state index contributed by atoms with van der Waals surface area (Å²) >= 11 is 0. The molecule has 2 aliphatic rings. The maximum Gasteiger partial charge on any atom is 0.244 e. The average Bonchev–Trinajstić information content (AvgIpc) is 3.04. The molecule has 8 heteroatoms. The molecule has 0 aromatic carbocycles. The number of carbonyl (C=O) groups excluding carboxylic acids is 1. The fraction of sp³-hybridized carbons (Fsp3) is 0.579. The second-order valence-corrected chi connectivity index (χ2v) is 7.25. The molecule has 2 aromatic heterocycles. The maximum absolute atomic E-state index is 12.8. The SMILES string of the molecule is O=C(Cn1ccc([C@H]2CCCNC2)n1)N1CCCN(c2ncccn2)CC1. The zero-order valence-corrected chi connectivity index (χ0v) is 15.6. The third-order valence-electron chi connectivity index (χ3n) is 5.36. The zero-order valence-electron chi connectivity index (χ0n) is 15.6. The number of hydrogen-bond acceptors (Lipinski definition) is 6. The molecule has 1 atom stereocenters. The van der Waals surface area contributed by atoms with Gasteiger partial charge < -0.3 is 15.1 Å². The Labute approximate surface area is 159 Å². The van der Waals surface area contributed by atoms with Crippen LogP contribution in [-0.2, 0) is 11.3 Å². The van der Waals surface area contributed by atoms with Gasteiger partial charge in [-0.15, -0.1) is 0 Å². The van der Waals surface area contributed by atoms with Gasteiger partial charge in [-0.1, -0.05) is 0 Å². The van der Waals surface area contributed by atoms with E-state index in [1.165, 1.54) is 12.8 Å². The Bertz CT molecular complexity index is 742. The fourth-order valence-corrected chi connectivity index (χ4v) is 3.85. The van der Waals surface area contributed by atoms with Crippen molar-refractivity contribution in [2.75, 3.05) is 44.2 Å². The lowest BCUT2D eigenvalue weighted by molar-refractivity contribution is -0.131. The van der Waals surface area contributed by atoms with Crippen molar-refractivity contribution in [1.29, 1.82) is 0 Å². The number of aromatic nitrogens is 4. The summed E-state index contributed by atoms with van der Waals surface area (Å²) in [5.41, 5.74) is 1.10. The summed E-state index contributed by atoms with van der Waals surface area (Å²) < 4.78 is 1.79. The van der Waals surface area contributed by atoms with E-state index in [2.05, 4.69) is 31.3 Å². The average molecular weight is 369 g/mol. The van der Waals surface area contributed by atoms with Gasteiger partial charge in [-0.2, -0.15) is 5.10 Å². The molecule has 2 aromatic rings. The van der Waals surface area contributed by atoms with Crippen LogP contribution in [0.15, 0.2) is 30.7 Å². The van der Waals surface area contributed by atoms with E-state index < -0.39 is 0 Å². The lowest BCUT2D eigenvalue weighted by Gasteiger charge is -2.22. The van der Waals surface area contributed by atoms with E-state index in [0.717, 1.165) is 50.8 Å². The minimum Gasteiger partial charge on any atom is -0.339 e. The van der Waals surface area contributed by atoms with Crippen molar-refractivity contribution in [3.05, 3.63) is 36.4 Å². The van der Waals surface area contributed by atoms with Crippen LogP contribution in [0.1, 0.15) is 30.9 Å². The van der Waals surface area contributed by atoms with Crippen molar-refractivity contribution in [1.82, 2.24) is 30.0 Å². The van der Waals surface area contributed by atoms with E-state index in [0.29, 0.717) is 19.0 Å². The lowest BCUT2D eigenvalue weighted by atomic mass is 9.97. The van der Waals surface area contributed by atoms with Gasteiger partial charge in [0, 0.05) is 57.2 Å². The standard InChI is InChI=1S/C19H27N7O/c27-18(15-26-11-5-17(23-26)16-4-1-6-20-14-16)24-9-3-10-25(13-12-24)19-21-7-2-8-22-19/h2,5,7-8,11,16,20H,1,3-4,6,9-10,12-15H2/t16-/m0/s1. The van der Waals surface area contributed by atoms with Gasteiger partial charge in [0.05, 0.1) is 5.69 Å². The Morgan fingerprint density at radius 1 is 1.15 bits per heavy atom. The van der Waals surface area contributed by atoms with Gasteiger partial charge in [-0.3, -0.25) is 9.48 Å². The molecule has 0 aliphatic carbocycles. The normalized spacial score (nSPS) is 21.1. The number of anilines is 1. The Balaban J connectivity index is 1.32. The first-order valence-electron chi connectivity index (χ1n) is 9.83. The van der Waals surface area contributed by atoms with Crippen molar-refractivity contribution in [3.63, 3.8) is 0 Å². The van der Waals surface area contributed by atoms with Crippen molar-refractivity contribution in [2.24, 2.45) is 0 Å². The number of rotatable bonds is 4. The topological polar surface area (TPSA) is 79.2 Å². The van der Waals surface area contributed by atoms with Crippen LogP contribution in [0.3, 0.4) is 0 Å². The van der Waals surface area contributed by atoms with E-state index in [4.69, 9.17) is 0 Å². The molecule has 8 nitrogen and oxygen atoms in total. The van der Waals surface area contributed by atoms with Gasteiger partial charge in [0.15, 0.2) is 0 Å². The molecular formula is C19H27N7O. The summed E-state index contributed by atoms with van der Waals surface area (Å²) in [6.45, 7) is 5.47. The van der Waals surface area contributed by atoms with Gasteiger partial charge in [0.25, 0.3) is 0 Å². The van der Waals surface area contributed by atoms with E-state index in [9.17, 15) is 4.79 Å².